The molecule has 0 N–H and O–H groups in total. The first kappa shape index (κ1) is 24.3. The number of hydrogen-bond donors (Lipinski definition) is 0. The zero-order chi connectivity index (χ0) is 19.8. The third kappa shape index (κ3) is 6.86. The van der Waals surface area contributed by atoms with Gasteiger partial charge in [0.1, 0.15) is 0 Å². The van der Waals surface area contributed by atoms with Gasteiger partial charge in [-0.25, -0.2) is 0 Å². The molecule has 0 aliphatic heterocycles. The average molecular weight is 390 g/mol. The lowest BCUT2D eigenvalue weighted by atomic mass is 10.00. The Labute approximate surface area is 140 Å². The van der Waals surface area contributed by atoms with Crippen molar-refractivity contribution in [3.05, 3.63) is 0 Å². The van der Waals surface area contributed by atoms with Crippen LogP contribution in [0, 0.1) is 0 Å². The maximum Gasteiger partial charge on any atom is 0.460 e. The Kier molecular flexibility index (Phi) is 9.61. The summed E-state index contributed by atoms with van der Waals surface area (Å²) < 4.78 is 118. The molecule has 0 heterocycles. The lowest BCUT2D eigenvalue weighted by molar-refractivity contribution is -0.396. The van der Waals surface area contributed by atoms with E-state index in [-0.39, 0.29) is 6.61 Å². The zero-order valence-electron chi connectivity index (χ0n) is 13.9. The Morgan fingerprint density at radius 1 is 0.600 bits per heavy atom. The molecule has 0 spiro atoms. The van der Waals surface area contributed by atoms with Crippen LogP contribution in [0.2, 0.25) is 0 Å². The maximum absolute atomic E-state index is 13.2. The van der Waals surface area contributed by atoms with Crippen LogP contribution in [0.25, 0.3) is 0 Å². The van der Waals surface area contributed by atoms with Crippen molar-refractivity contribution in [1.29, 1.82) is 0 Å². The van der Waals surface area contributed by atoms with E-state index in [1.54, 1.807) is 0 Å². The van der Waals surface area contributed by atoms with Crippen molar-refractivity contribution in [3.8, 4) is 0 Å². The van der Waals surface area contributed by atoms with Gasteiger partial charge < -0.3 is 4.74 Å². The minimum Gasteiger partial charge on any atom is -0.381 e. The summed E-state index contributed by atoms with van der Waals surface area (Å²) in [6.07, 6.45) is -3.72. The van der Waals surface area contributed by atoms with Gasteiger partial charge in [0, 0.05) is 19.6 Å². The summed E-state index contributed by atoms with van der Waals surface area (Å²) in [4.78, 5) is 0. The van der Waals surface area contributed by atoms with E-state index in [9.17, 15) is 39.5 Å². The van der Waals surface area contributed by atoms with Crippen LogP contribution in [0.15, 0.2) is 0 Å². The summed E-state index contributed by atoms with van der Waals surface area (Å²) >= 11 is 0. The Balaban J connectivity index is 4.20. The molecule has 0 saturated heterocycles. The number of unbranched alkanes of at least 4 members (excludes halogenated alkanes) is 5. The van der Waals surface area contributed by atoms with E-state index in [0.717, 1.165) is 32.1 Å². The molecule has 0 saturated carbocycles. The van der Waals surface area contributed by atoms with Crippen molar-refractivity contribution in [3.63, 3.8) is 0 Å². The standard InChI is InChI=1S/C15H23F9O/c1-2-3-4-5-6-7-10-25-11-8-9-12(16,17)13(18,19)14(20,21)15(22,23)24/h2-11H2,1H3. The van der Waals surface area contributed by atoms with Crippen LogP contribution in [0.1, 0.15) is 58.3 Å². The number of alkyl halides is 9. The average Bonchev–Trinajstić information content (AvgIpc) is 2.47. The van der Waals surface area contributed by atoms with Crippen LogP contribution in [0.3, 0.4) is 0 Å². The van der Waals surface area contributed by atoms with E-state index in [1.165, 1.54) is 0 Å². The van der Waals surface area contributed by atoms with Gasteiger partial charge in [-0.3, -0.25) is 0 Å². The van der Waals surface area contributed by atoms with Gasteiger partial charge in [0.2, 0.25) is 0 Å². The summed E-state index contributed by atoms with van der Waals surface area (Å²) in [7, 11) is 0. The summed E-state index contributed by atoms with van der Waals surface area (Å²) in [6.45, 7) is 1.82. The van der Waals surface area contributed by atoms with Crippen LogP contribution in [-0.4, -0.2) is 37.2 Å². The molecule has 0 aromatic rings. The molecule has 0 aliphatic rings. The van der Waals surface area contributed by atoms with Gasteiger partial charge in [0.15, 0.2) is 0 Å². The van der Waals surface area contributed by atoms with E-state index >= 15 is 0 Å². The molecule has 1 nitrogen and oxygen atoms in total. The lowest BCUT2D eigenvalue weighted by Crippen LogP contribution is -2.60. The molecule has 0 aromatic carbocycles. The van der Waals surface area contributed by atoms with Gasteiger partial charge >= 0.3 is 23.9 Å². The molecule has 0 aromatic heterocycles. The minimum atomic E-state index is -6.82. The summed E-state index contributed by atoms with van der Waals surface area (Å²) in [6, 6.07) is 0. The second kappa shape index (κ2) is 9.87. The molecule has 152 valence electrons. The van der Waals surface area contributed by atoms with Gasteiger partial charge in [0.05, 0.1) is 0 Å². The monoisotopic (exact) mass is 390 g/mol. The van der Waals surface area contributed by atoms with Gasteiger partial charge in [-0.15, -0.1) is 0 Å². The highest BCUT2D eigenvalue weighted by molar-refractivity contribution is 5.00. The molecule has 10 heteroatoms. The third-order valence-corrected chi connectivity index (χ3v) is 3.63. The van der Waals surface area contributed by atoms with E-state index < -0.39 is 43.4 Å². The number of ether oxygens (including phenoxy) is 1. The molecule has 0 atom stereocenters. The topological polar surface area (TPSA) is 9.23 Å². The second-order valence-electron chi connectivity index (χ2n) is 5.83. The predicted molar refractivity (Wildman–Crippen MR) is 74.3 cm³/mol. The smallest absolute Gasteiger partial charge is 0.381 e. The molecule has 0 fully saturated rings. The molecular formula is C15H23F9O. The number of halogens is 9. The molecule has 0 rings (SSSR count). The van der Waals surface area contributed by atoms with Crippen molar-refractivity contribution in [1.82, 2.24) is 0 Å². The van der Waals surface area contributed by atoms with Gasteiger partial charge in [-0.05, 0) is 12.8 Å². The Morgan fingerprint density at radius 2 is 1.08 bits per heavy atom. The van der Waals surface area contributed by atoms with Crippen molar-refractivity contribution in [2.45, 2.75) is 82.2 Å². The highest BCUT2D eigenvalue weighted by Gasteiger charge is 2.81. The van der Waals surface area contributed by atoms with Crippen LogP contribution >= 0.6 is 0 Å². The fourth-order valence-corrected chi connectivity index (χ4v) is 2.05. The van der Waals surface area contributed by atoms with Crippen molar-refractivity contribution >= 4 is 0 Å². The normalized spacial score (nSPS) is 14.2. The largest absolute Gasteiger partial charge is 0.460 e. The van der Waals surface area contributed by atoms with Crippen molar-refractivity contribution in [2.75, 3.05) is 13.2 Å². The number of hydrogen-bond acceptors (Lipinski definition) is 1. The number of rotatable bonds is 13. The van der Waals surface area contributed by atoms with E-state index in [0.29, 0.717) is 6.42 Å². The highest BCUT2D eigenvalue weighted by Crippen LogP contribution is 2.54. The third-order valence-electron chi connectivity index (χ3n) is 3.63. The summed E-state index contributed by atoms with van der Waals surface area (Å²) in [5.41, 5.74) is 0. The molecule has 0 unspecified atom stereocenters. The fraction of sp³-hybridized carbons (Fsp3) is 1.00. The van der Waals surface area contributed by atoms with Gasteiger partial charge in [0.25, 0.3) is 0 Å². The fourth-order valence-electron chi connectivity index (χ4n) is 2.05. The molecule has 0 aliphatic carbocycles. The molecule has 0 radical (unpaired) electrons. The minimum absolute atomic E-state index is 0.187. The van der Waals surface area contributed by atoms with Gasteiger partial charge in [-0.2, -0.15) is 39.5 Å². The summed E-state index contributed by atoms with van der Waals surface area (Å²) in [5, 5.41) is 0. The van der Waals surface area contributed by atoms with Crippen molar-refractivity contribution in [2.24, 2.45) is 0 Å². The second-order valence-corrected chi connectivity index (χ2v) is 5.83. The maximum atomic E-state index is 13.2. The van der Waals surface area contributed by atoms with E-state index in [2.05, 4.69) is 0 Å². The van der Waals surface area contributed by atoms with E-state index in [1.807, 2.05) is 6.92 Å². The Bertz CT molecular complexity index is 367. The first-order chi connectivity index (χ1) is 11.3. The Hall–Kier alpha value is -0.670. The van der Waals surface area contributed by atoms with Crippen LogP contribution in [0.5, 0.6) is 0 Å². The molecule has 25 heavy (non-hydrogen) atoms. The quantitative estimate of drug-likeness (QED) is 0.254. The van der Waals surface area contributed by atoms with Crippen LogP contribution in [-0.2, 0) is 4.74 Å². The lowest BCUT2D eigenvalue weighted by Gasteiger charge is -2.33. The van der Waals surface area contributed by atoms with E-state index in [4.69, 9.17) is 4.74 Å². The first-order valence-electron chi connectivity index (χ1n) is 8.09. The predicted octanol–water partition coefficient (Wildman–Crippen LogP) is 6.61. The SMILES string of the molecule is CCCCCCCCOCCCC(F)(F)C(F)(F)C(F)(F)C(F)(F)F. The Morgan fingerprint density at radius 3 is 1.60 bits per heavy atom. The molecular weight excluding hydrogens is 367 g/mol. The zero-order valence-corrected chi connectivity index (χ0v) is 13.9. The highest BCUT2D eigenvalue weighted by atomic mass is 19.4. The molecule has 0 bridgehead atoms. The summed E-state index contributed by atoms with van der Waals surface area (Å²) in [5.74, 6) is -18.9. The van der Waals surface area contributed by atoms with Crippen LogP contribution < -0.4 is 0 Å². The first-order valence-corrected chi connectivity index (χ1v) is 8.09. The molecule has 0 amide bonds. The van der Waals surface area contributed by atoms with Gasteiger partial charge in [-0.1, -0.05) is 39.0 Å². The van der Waals surface area contributed by atoms with Crippen LogP contribution in [0.4, 0.5) is 39.5 Å². The van der Waals surface area contributed by atoms with Crippen molar-refractivity contribution < 1.29 is 44.3 Å².